The average molecular weight is 291 g/mol. The molecule has 0 aliphatic carbocycles. The molecule has 0 saturated carbocycles. The highest BCUT2D eigenvalue weighted by molar-refractivity contribution is 5.85. The Morgan fingerprint density at radius 3 is 2.10 bits per heavy atom. The summed E-state index contributed by atoms with van der Waals surface area (Å²) in [6.07, 6.45) is 0. The summed E-state index contributed by atoms with van der Waals surface area (Å²) in [5.74, 6) is 0. The number of anilines is 1. The van der Waals surface area contributed by atoms with Crippen LogP contribution in [0.3, 0.4) is 0 Å². The predicted octanol–water partition coefficient (Wildman–Crippen LogP) is 3.94. The molecule has 3 heteroatoms. The van der Waals surface area contributed by atoms with Gasteiger partial charge in [-0.05, 0) is 44.2 Å². The minimum absolute atomic E-state index is 0. The number of aryl methyl sites for hydroxylation is 2. The van der Waals surface area contributed by atoms with Gasteiger partial charge in [-0.15, -0.1) is 12.4 Å². The largest absolute Gasteiger partial charge is 0.399 e. The zero-order valence-corrected chi connectivity index (χ0v) is 13.2. The number of rotatable bonds is 4. The van der Waals surface area contributed by atoms with Gasteiger partial charge in [-0.25, -0.2) is 0 Å². The maximum Gasteiger partial charge on any atom is 0.0317 e. The van der Waals surface area contributed by atoms with Crippen molar-refractivity contribution in [3.05, 3.63) is 64.7 Å². The van der Waals surface area contributed by atoms with Gasteiger partial charge in [-0.1, -0.05) is 41.5 Å². The van der Waals surface area contributed by atoms with Crippen molar-refractivity contribution in [3.8, 4) is 0 Å². The highest BCUT2D eigenvalue weighted by Crippen LogP contribution is 2.13. The lowest BCUT2D eigenvalue weighted by molar-refractivity contribution is 0.319. The molecular formula is C17H23ClN2. The van der Waals surface area contributed by atoms with E-state index in [0.717, 1.165) is 18.8 Å². The van der Waals surface area contributed by atoms with Crippen molar-refractivity contribution in [2.75, 3.05) is 12.8 Å². The van der Waals surface area contributed by atoms with Crippen LogP contribution < -0.4 is 5.73 Å². The number of hydrogen-bond donors (Lipinski definition) is 1. The van der Waals surface area contributed by atoms with Gasteiger partial charge in [0.25, 0.3) is 0 Å². The molecule has 20 heavy (non-hydrogen) atoms. The van der Waals surface area contributed by atoms with Gasteiger partial charge in [0, 0.05) is 18.8 Å². The Hall–Kier alpha value is -1.51. The minimum Gasteiger partial charge on any atom is -0.399 e. The van der Waals surface area contributed by atoms with E-state index < -0.39 is 0 Å². The standard InChI is InChI=1S/C17H22N2.ClH/c1-13-7-14(2)9-16(8-13)12-19(3)11-15-5-4-6-17(18)10-15;/h4-10H,11-12,18H2,1-3H3;1H. The Morgan fingerprint density at radius 2 is 1.50 bits per heavy atom. The maximum absolute atomic E-state index is 5.81. The Morgan fingerprint density at radius 1 is 0.900 bits per heavy atom. The zero-order valence-electron chi connectivity index (χ0n) is 12.4. The van der Waals surface area contributed by atoms with Crippen LogP contribution in [0.1, 0.15) is 22.3 Å². The van der Waals surface area contributed by atoms with Gasteiger partial charge in [-0.3, -0.25) is 4.90 Å². The Bertz CT molecular complexity index is 546. The van der Waals surface area contributed by atoms with Crippen molar-refractivity contribution in [2.24, 2.45) is 0 Å². The van der Waals surface area contributed by atoms with Gasteiger partial charge < -0.3 is 5.73 Å². The smallest absolute Gasteiger partial charge is 0.0317 e. The van der Waals surface area contributed by atoms with Crippen LogP contribution in [0.15, 0.2) is 42.5 Å². The summed E-state index contributed by atoms with van der Waals surface area (Å²) in [5.41, 5.74) is 11.9. The highest BCUT2D eigenvalue weighted by Gasteiger charge is 2.03. The highest BCUT2D eigenvalue weighted by atomic mass is 35.5. The number of hydrogen-bond acceptors (Lipinski definition) is 2. The first-order valence-corrected chi connectivity index (χ1v) is 6.63. The van der Waals surface area contributed by atoms with E-state index in [-0.39, 0.29) is 12.4 Å². The molecule has 0 aliphatic rings. The molecule has 0 fully saturated rings. The van der Waals surface area contributed by atoms with Gasteiger partial charge in [0.2, 0.25) is 0 Å². The molecule has 0 bridgehead atoms. The van der Waals surface area contributed by atoms with E-state index in [9.17, 15) is 0 Å². The summed E-state index contributed by atoms with van der Waals surface area (Å²) in [5, 5.41) is 0. The molecule has 0 spiro atoms. The fraction of sp³-hybridized carbons (Fsp3) is 0.294. The fourth-order valence-corrected chi connectivity index (χ4v) is 2.53. The van der Waals surface area contributed by atoms with Crippen molar-refractivity contribution >= 4 is 18.1 Å². The second kappa shape index (κ2) is 7.32. The molecule has 0 saturated heterocycles. The van der Waals surface area contributed by atoms with Crippen LogP contribution in [0, 0.1) is 13.8 Å². The molecular weight excluding hydrogens is 268 g/mol. The minimum atomic E-state index is 0. The average Bonchev–Trinajstić information content (AvgIpc) is 2.26. The van der Waals surface area contributed by atoms with E-state index in [2.05, 4.69) is 50.1 Å². The molecule has 0 atom stereocenters. The molecule has 0 aromatic heterocycles. The van der Waals surface area contributed by atoms with Crippen LogP contribution in [-0.4, -0.2) is 11.9 Å². The van der Waals surface area contributed by atoms with Gasteiger partial charge >= 0.3 is 0 Å². The third-order valence-electron chi connectivity index (χ3n) is 3.14. The second-order valence-corrected chi connectivity index (χ2v) is 5.41. The molecule has 2 aromatic carbocycles. The Labute approximate surface area is 128 Å². The monoisotopic (exact) mass is 290 g/mol. The molecule has 108 valence electrons. The van der Waals surface area contributed by atoms with Crippen molar-refractivity contribution in [1.82, 2.24) is 4.90 Å². The number of halogens is 1. The number of nitrogen functional groups attached to an aromatic ring is 1. The third kappa shape index (κ3) is 4.87. The normalized spacial score (nSPS) is 10.4. The van der Waals surface area contributed by atoms with Crippen LogP contribution in [0.4, 0.5) is 5.69 Å². The summed E-state index contributed by atoms with van der Waals surface area (Å²) >= 11 is 0. The second-order valence-electron chi connectivity index (χ2n) is 5.41. The molecule has 0 amide bonds. The van der Waals surface area contributed by atoms with Crippen LogP contribution in [0.5, 0.6) is 0 Å². The first kappa shape index (κ1) is 16.5. The summed E-state index contributed by atoms with van der Waals surface area (Å²) in [4.78, 5) is 2.31. The Kier molecular flexibility index (Phi) is 6.05. The van der Waals surface area contributed by atoms with Crippen molar-refractivity contribution < 1.29 is 0 Å². The lowest BCUT2D eigenvalue weighted by atomic mass is 10.1. The first-order valence-electron chi connectivity index (χ1n) is 6.63. The molecule has 0 radical (unpaired) electrons. The van der Waals surface area contributed by atoms with Crippen molar-refractivity contribution in [3.63, 3.8) is 0 Å². The van der Waals surface area contributed by atoms with E-state index in [1.165, 1.54) is 22.3 Å². The fourth-order valence-electron chi connectivity index (χ4n) is 2.53. The van der Waals surface area contributed by atoms with E-state index in [0.29, 0.717) is 0 Å². The lowest BCUT2D eigenvalue weighted by Gasteiger charge is -2.18. The van der Waals surface area contributed by atoms with E-state index in [1.807, 2.05) is 18.2 Å². The van der Waals surface area contributed by atoms with Gasteiger partial charge in [-0.2, -0.15) is 0 Å². The summed E-state index contributed by atoms with van der Waals surface area (Å²) in [7, 11) is 2.14. The topological polar surface area (TPSA) is 29.3 Å². The van der Waals surface area contributed by atoms with Crippen LogP contribution in [0.25, 0.3) is 0 Å². The van der Waals surface area contributed by atoms with Crippen molar-refractivity contribution in [1.29, 1.82) is 0 Å². The van der Waals surface area contributed by atoms with E-state index in [4.69, 9.17) is 5.73 Å². The third-order valence-corrected chi connectivity index (χ3v) is 3.14. The van der Waals surface area contributed by atoms with E-state index in [1.54, 1.807) is 0 Å². The van der Waals surface area contributed by atoms with Crippen LogP contribution in [0.2, 0.25) is 0 Å². The zero-order chi connectivity index (χ0) is 13.8. The SMILES string of the molecule is Cc1cc(C)cc(CN(C)Cc2cccc(N)c2)c1.Cl. The summed E-state index contributed by atoms with van der Waals surface area (Å²) < 4.78 is 0. The summed E-state index contributed by atoms with van der Waals surface area (Å²) in [6.45, 7) is 6.16. The van der Waals surface area contributed by atoms with Crippen LogP contribution >= 0.6 is 12.4 Å². The summed E-state index contributed by atoms with van der Waals surface area (Å²) in [6, 6.07) is 14.8. The number of nitrogens with two attached hydrogens (primary N) is 1. The van der Waals surface area contributed by atoms with Crippen LogP contribution in [-0.2, 0) is 13.1 Å². The van der Waals surface area contributed by atoms with Gasteiger partial charge in [0.15, 0.2) is 0 Å². The molecule has 2 nitrogen and oxygen atoms in total. The molecule has 2 N–H and O–H groups in total. The number of benzene rings is 2. The molecule has 2 aromatic rings. The first-order chi connectivity index (χ1) is 9.02. The quantitative estimate of drug-likeness (QED) is 0.864. The maximum atomic E-state index is 5.81. The van der Waals surface area contributed by atoms with Gasteiger partial charge in [0.1, 0.15) is 0 Å². The Balaban J connectivity index is 0.00000200. The predicted molar refractivity (Wildman–Crippen MR) is 89.2 cm³/mol. The lowest BCUT2D eigenvalue weighted by Crippen LogP contribution is -2.17. The van der Waals surface area contributed by atoms with Crippen molar-refractivity contribution in [2.45, 2.75) is 26.9 Å². The molecule has 0 unspecified atom stereocenters. The molecule has 2 rings (SSSR count). The molecule has 0 aliphatic heterocycles. The van der Waals surface area contributed by atoms with Gasteiger partial charge in [0.05, 0.1) is 0 Å². The number of nitrogens with zero attached hydrogens (tertiary/aromatic N) is 1. The van der Waals surface area contributed by atoms with E-state index >= 15 is 0 Å². The molecule has 0 heterocycles.